The minimum absolute atomic E-state index is 0.748. The van der Waals surface area contributed by atoms with E-state index in [1.807, 2.05) is 0 Å². The molecule has 2 rings (SSSR count). The van der Waals surface area contributed by atoms with Gasteiger partial charge in [0.25, 0.3) is 0 Å². The van der Waals surface area contributed by atoms with Crippen molar-refractivity contribution < 1.29 is 4.74 Å². The number of aryl methyl sites for hydroxylation is 1. The van der Waals surface area contributed by atoms with Gasteiger partial charge in [0.05, 0.1) is 6.61 Å². The standard InChI is InChI=1S/C21H32O/c1-4-7-17-9-11-18(12-10-17)19-13-14-21(22-15-6-3)20(16-19)8-5-2/h4,7,13-14,16-18H,5-6,8-12,15H2,1-3H3/t17-,18-. The van der Waals surface area contributed by atoms with Gasteiger partial charge in [-0.05, 0) is 74.5 Å². The van der Waals surface area contributed by atoms with E-state index in [0.29, 0.717) is 0 Å². The fraction of sp³-hybridized carbons (Fsp3) is 0.619. The predicted molar refractivity (Wildman–Crippen MR) is 95.7 cm³/mol. The molecule has 0 aliphatic heterocycles. The van der Waals surface area contributed by atoms with Crippen molar-refractivity contribution in [3.8, 4) is 5.75 Å². The van der Waals surface area contributed by atoms with E-state index in [2.05, 4.69) is 51.1 Å². The minimum Gasteiger partial charge on any atom is -0.493 e. The summed E-state index contributed by atoms with van der Waals surface area (Å²) in [4.78, 5) is 0. The van der Waals surface area contributed by atoms with Crippen molar-refractivity contribution in [3.05, 3.63) is 41.5 Å². The smallest absolute Gasteiger partial charge is 0.122 e. The highest BCUT2D eigenvalue weighted by atomic mass is 16.5. The van der Waals surface area contributed by atoms with Crippen LogP contribution in [0.3, 0.4) is 0 Å². The summed E-state index contributed by atoms with van der Waals surface area (Å²) >= 11 is 0. The van der Waals surface area contributed by atoms with E-state index in [-0.39, 0.29) is 0 Å². The van der Waals surface area contributed by atoms with Gasteiger partial charge in [-0.25, -0.2) is 0 Å². The Morgan fingerprint density at radius 2 is 1.86 bits per heavy atom. The van der Waals surface area contributed by atoms with Crippen LogP contribution in [0.1, 0.15) is 76.3 Å². The molecule has 0 N–H and O–H groups in total. The summed E-state index contributed by atoms with van der Waals surface area (Å²) in [5.74, 6) is 2.66. The first-order valence-corrected chi connectivity index (χ1v) is 9.16. The second-order valence-electron chi connectivity index (χ2n) is 6.60. The second kappa shape index (κ2) is 9.02. The van der Waals surface area contributed by atoms with Crippen molar-refractivity contribution in [2.45, 2.75) is 71.6 Å². The normalized spacial score (nSPS) is 22.1. The zero-order chi connectivity index (χ0) is 15.8. The van der Waals surface area contributed by atoms with Gasteiger partial charge in [0.2, 0.25) is 0 Å². The lowest BCUT2D eigenvalue weighted by molar-refractivity contribution is 0.313. The first kappa shape index (κ1) is 17.1. The third-order valence-electron chi connectivity index (χ3n) is 4.77. The predicted octanol–water partition coefficient (Wildman–Crippen LogP) is 6.28. The van der Waals surface area contributed by atoms with Gasteiger partial charge in [0.15, 0.2) is 0 Å². The number of ether oxygens (including phenoxy) is 1. The molecule has 0 atom stereocenters. The Morgan fingerprint density at radius 1 is 1.09 bits per heavy atom. The molecule has 1 aliphatic carbocycles. The highest BCUT2D eigenvalue weighted by molar-refractivity contribution is 5.39. The molecule has 122 valence electrons. The highest BCUT2D eigenvalue weighted by Gasteiger charge is 2.21. The summed E-state index contributed by atoms with van der Waals surface area (Å²) in [6, 6.07) is 6.95. The van der Waals surface area contributed by atoms with Gasteiger partial charge in [-0.1, -0.05) is 44.6 Å². The molecule has 0 amide bonds. The summed E-state index contributed by atoms with van der Waals surface area (Å²) in [5.41, 5.74) is 2.94. The van der Waals surface area contributed by atoms with E-state index in [4.69, 9.17) is 4.74 Å². The minimum atomic E-state index is 0.748. The molecule has 1 nitrogen and oxygen atoms in total. The molecule has 0 heterocycles. The molecule has 1 aromatic rings. The molecule has 0 aromatic heterocycles. The molecule has 0 unspecified atom stereocenters. The average Bonchev–Trinajstić information content (AvgIpc) is 2.55. The fourth-order valence-electron chi connectivity index (χ4n) is 3.59. The van der Waals surface area contributed by atoms with Gasteiger partial charge in [0.1, 0.15) is 5.75 Å². The molecule has 22 heavy (non-hydrogen) atoms. The van der Waals surface area contributed by atoms with E-state index in [1.54, 1.807) is 0 Å². The molecule has 1 aliphatic rings. The average molecular weight is 300 g/mol. The van der Waals surface area contributed by atoms with Gasteiger partial charge in [-0.3, -0.25) is 0 Å². The van der Waals surface area contributed by atoms with Gasteiger partial charge >= 0.3 is 0 Å². The summed E-state index contributed by atoms with van der Waals surface area (Å²) in [6.07, 6.45) is 13.3. The van der Waals surface area contributed by atoms with Crippen molar-refractivity contribution in [2.75, 3.05) is 6.61 Å². The Labute approximate surface area is 136 Å². The molecular formula is C21H32O. The number of hydrogen-bond donors (Lipinski definition) is 0. The van der Waals surface area contributed by atoms with Crippen LogP contribution in [0.2, 0.25) is 0 Å². The molecule has 0 saturated heterocycles. The van der Waals surface area contributed by atoms with Crippen LogP contribution < -0.4 is 4.74 Å². The zero-order valence-electron chi connectivity index (χ0n) is 14.6. The van der Waals surface area contributed by atoms with Crippen LogP contribution >= 0.6 is 0 Å². The van der Waals surface area contributed by atoms with Crippen molar-refractivity contribution in [2.24, 2.45) is 5.92 Å². The topological polar surface area (TPSA) is 9.23 Å². The lowest BCUT2D eigenvalue weighted by Gasteiger charge is -2.27. The Hall–Kier alpha value is -1.24. The van der Waals surface area contributed by atoms with Crippen molar-refractivity contribution >= 4 is 0 Å². The second-order valence-corrected chi connectivity index (χ2v) is 6.60. The first-order chi connectivity index (χ1) is 10.8. The first-order valence-electron chi connectivity index (χ1n) is 9.16. The summed E-state index contributed by atoms with van der Waals surface area (Å²) in [7, 11) is 0. The van der Waals surface area contributed by atoms with Crippen molar-refractivity contribution in [1.82, 2.24) is 0 Å². The van der Waals surface area contributed by atoms with Crippen LogP contribution in [-0.4, -0.2) is 6.61 Å². The quantitative estimate of drug-likeness (QED) is 0.539. The van der Waals surface area contributed by atoms with E-state index >= 15 is 0 Å². The van der Waals surface area contributed by atoms with Gasteiger partial charge in [0, 0.05) is 0 Å². The zero-order valence-corrected chi connectivity index (χ0v) is 14.6. The number of hydrogen-bond acceptors (Lipinski definition) is 1. The van der Waals surface area contributed by atoms with Gasteiger partial charge in [-0.2, -0.15) is 0 Å². The Kier molecular flexibility index (Phi) is 7.02. The Balaban J connectivity index is 2.06. The molecular weight excluding hydrogens is 268 g/mol. The van der Waals surface area contributed by atoms with Crippen LogP contribution in [0.25, 0.3) is 0 Å². The maximum absolute atomic E-state index is 5.92. The molecule has 1 heteroatoms. The maximum atomic E-state index is 5.92. The number of benzene rings is 1. The van der Waals surface area contributed by atoms with E-state index in [0.717, 1.165) is 37.0 Å². The van der Waals surface area contributed by atoms with Crippen LogP contribution in [0.5, 0.6) is 5.75 Å². The van der Waals surface area contributed by atoms with Crippen LogP contribution in [0, 0.1) is 5.92 Å². The number of allylic oxidation sites excluding steroid dienone is 2. The molecule has 0 bridgehead atoms. The van der Waals surface area contributed by atoms with Gasteiger partial charge < -0.3 is 4.74 Å². The third-order valence-corrected chi connectivity index (χ3v) is 4.77. The van der Waals surface area contributed by atoms with Crippen LogP contribution in [0.4, 0.5) is 0 Å². The monoisotopic (exact) mass is 300 g/mol. The van der Waals surface area contributed by atoms with Gasteiger partial charge in [-0.15, -0.1) is 0 Å². The lowest BCUT2D eigenvalue weighted by atomic mass is 9.78. The largest absolute Gasteiger partial charge is 0.493 e. The maximum Gasteiger partial charge on any atom is 0.122 e. The Bertz CT molecular complexity index is 467. The summed E-state index contributed by atoms with van der Waals surface area (Å²) in [5, 5.41) is 0. The fourth-order valence-corrected chi connectivity index (χ4v) is 3.59. The van der Waals surface area contributed by atoms with Crippen LogP contribution in [0.15, 0.2) is 30.4 Å². The van der Waals surface area contributed by atoms with Crippen LogP contribution in [-0.2, 0) is 6.42 Å². The summed E-state index contributed by atoms with van der Waals surface area (Å²) < 4.78 is 5.92. The molecule has 1 saturated carbocycles. The van der Waals surface area contributed by atoms with E-state index in [9.17, 15) is 0 Å². The Morgan fingerprint density at radius 3 is 2.50 bits per heavy atom. The summed E-state index contributed by atoms with van der Waals surface area (Å²) in [6.45, 7) is 7.37. The SMILES string of the molecule is CC=C[C@H]1CC[C@H](c2ccc(OCCC)c(CCC)c2)CC1. The third kappa shape index (κ3) is 4.63. The number of rotatable bonds is 7. The highest BCUT2D eigenvalue weighted by Crippen LogP contribution is 2.37. The molecule has 1 aromatic carbocycles. The van der Waals surface area contributed by atoms with Crippen molar-refractivity contribution in [3.63, 3.8) is 0 Å². The molecule has 1 fully saturated rings. The molecule has 0 radical (unpaired) electrons. The van der Waals surface area contributed by atoms with Crippen molar-refractivity contribution in [1.29, 1.82) is 0 Å². The molecule has 0 spiro atoms. The lowest BCUT2D eigenvalue weighted by Crippen LogP contribution is -2.12. The van der Waals surface area contributed by atoms with E-state index < -0.39 is 0 Å². The van der Waals surface area contributed by atoms with E-state index in [1.165, 1.54) is 43.2 Å².